The molecule has 0 fully saturated rings. The number of hydrogen-bond donors (Lipinski definition) is 0. The van der Waals surface area contributed by atoms with Crippen LogP contribution in [0, 0.1) is 0 Å². The zero-order valence-corrected chi connectivity index (χ0v) is 30.4. The lowest BCUT2D eigenvalue weighted by Gasteiger charge is -2.11. The molecule has 0 spiro atoms. The summed E-state index contributed by atoms with van der Waals surface area (Å²) in [6, 6.07) is 69.9. The topological polar surface area (TPSA) is 51.6 Å². The molecule has 2 aromatic heterocycles. The Hall–Kier alpha value is -7.56. The van der Waals surface area contributed by atoms with Crippen molar-refractivity contribution in [3.8, 4) is 78.7 Å². The number of rotatable bonds is 7. The average molecular weight is 715 g/mol. The van der Waals surface area contributed by atoms with Crippen molar-refractivity contribution in [3.63, 3.8) is 0 Å². The van der Waals surface area contributed by atoms with Crippen LogP contribution in [0.3, 0.4) is 0 Å². The Morgan fingerprint density at radius 1 is 0.250 bits per heavy atom. The number of nitrogens with zero attached hydrogens (tertiary/aromatic N) is 4. The molecule has 8 aromatic carbocycles. The lowest BCUT2D eigenvalue weighted by atomic mass is 9.96. The predicted molar refractivity (Wildman–Crippen MR) is 231 cm³/mol. The molecule has 10 rings (SSSR count). The fraction of sp³-hybridized carbons (Fsp3) is 0. The van der Waals surface area contributed by atoms with E-state index in [-0.39, 0.29) is 0 Å². The highest BCUT2D eigenvalue weighted by Gasteiger charge is 2.14. The second-order valence-electron chi connectivity index (χ2n) is 13.9. The van der Waals surface area contributed by atoms with Gasteiger partial charge in [0.25, 0.3) is 0 Å². The largest absolute Gasteiger partial charge is 0.256 e. The fourth-order valence-corrected chi connectivity index (χ4v) is 7.40. The van der Waals surface area contributed by atoms with Crippen molar-refractivity contribution < 1.29 is 0 Å². The van der Waals surface area contributed by atoms with E-state index in [4.69, 9.17) is 19.9 Å². The van der Waals surface area contributed by atoms with Crippen LogP contribution in [0.25, 0.3) is 100 Å². The number of pyridine rings is 1. The molecule has 0 bridgehead atoms. The van der Waals surface area contributed by atoms with Gasteiger partial charge >= 0.3 is 0 Å². The molecule has 0 amide bonds. The summed E-state index contributed by atoms with van der Waals surface area (Å²) in [7, 11) is 0. The third-order valence-corrected chi connectivity index (χ3v) is 10.4. The first-order valence-corrected chi connectivity index (χ1v) is 18.8. The van der Waals surface area contributed by atoms with E-state index in [1.165, 1.54) is 16.3 Å². The van der Waals surface area contributed by atoms with Crippen LogP contribution < -0.4 is 0 Å². The highest BCUT2D eigenvalue weighted by Crippen LogP contribution is 2.33. The molecule has 0 aliphatic heterocycles. The first-order chi connectivity index (χ1) is 27.7. The predicted octanol–water partition coefficient (Wildman–Crippen LogP) is 13.2. The monoisotopic (exact) mass is 714 g/mol. The summed E-state index contributed by atoms with van der Waals surface area (Å²) in [5.41, 5.74) is 13.0. The van der Waals surface area contributed by atoms with Crippen molar-refractivity contribution in [2.75, 3.05) is 0 Å². The van der Waals surface area contributed by atoms with Crippen LogP contribution in [0.2, 0.25) is 0 Å². The third kappa shape index (κ3) is 6.50. The summed E-state index contributed by atoms with van der Waals surface area (Å²) >= 11 is 0. The quantitative estimate of drug-likeness (QED) is 0.154. The zero-order chi connectivity index (χ0) is 37.3. The number of hydrogen-bond acceptors (Lipinski definition) is 4. The Morgan fingerprint density at radius 3 is 1.29 bits per heavy atom. The van der Waals surface area contributed by atoms with Gasteiger partial charge in [-0.3, -0.25) is 4.98 Å². The van der Waals surface area contributed by atoms with Crippen molar-refractivity contribution in [1.82, 2.24) is 19.9 Å². The molecule has 4 heteroatoms. The molecule has 0 atom stereocenters. The van der Waals surface area contributed by atoms with Gasteiger partial charge in [0.15, 0.2) is 17.5 Å². The Labute approximate surface area is 325 Å². The van der Waals surface area contributed by atoms with Crippen molar-refractivity contribution >= 4 is 21.7 Å². The SMILES string of the molecule is c1ccc(-c2ccc(-c3nc(-c4ccccc4)nc(-c4cccc(-c5cccc(-c6ccc(-c7ccc8c(c7)ncc7ccccc78)cc6)c5)c4)n3)cc2)cc1. The minimum absolute atomic E-state index is 0.631. The average Bonchev–Trinajstić information content (AvgIpc) is 3.29. The molecule has 0 aliphatic carbocycles. The van der Waals surface area contributed by atoms with Crippen LogP contribution in [-0.4, -0.2) is 19.9 Å². The maximum atomic E-state index is 5.04. The van der Waals surface area contributed by atoms with Gasteiger partial charge in [-0.15, -0.1) is 0 Å². The molecule has 0 unspecified atom stereocenters. The van der Waals surface area contributed by atoms with Crippen molar-refractivity contribution in [2.45, 2.75) is 0 Å². The molecule has 2 heterocycles. The number of benzene rings is 8. The smallest absolute Gasteiger partial charge is 0.164 e. The van der Waals surface area contributed by atoms with Gasteiger partial charge in [0.1, 0.15) is 0 Å². The van der Waals surface area contributed by atoms with E-state index in [1.807, 2.05) is 42.6 Å². The van der Waals surface area contributed by atoms with E-state index in [0.717, 1.165) is 66.5 Å². The molecule has 0 aliphatic rings. The molecular weight excluding hydrogens is 681 g/mol. The van der Waals surface area contributed by atoms with Gasteiger partial charge in [-0.25, -0.2) is 15.0 Å². The summed E-state index contributed by atoms with van der Waals surface area (Å²) in [4.78, 5) is 19.8. The van der Waals surface area contributed by atoms with Gasteiger partial charge in [-0.2, -0.15) is 0 Å². The summed E-state index contributed by atoms with van der Waals surface area (Å²) < 4.78 is 0. The fourth-order valence-electron chi connectivity index (χ4n) is 7.40. The minimum atomic E-state index is 0.631. The van der Waals surface area contributed by atoms with Crippen molar-refractivity contribution in [3.05, 3.63) is 206 Å². The Morgan fingerprint density at radius 2 is 0.643 bits per heavy atom. The van der Waals surface area contributed by atoms with Gasteiger partial charge < -0.3 is 0 Å². The standard InChI is InChI=1S/C52H34N4/c1-3-11-35(12-4-1)36-25-27-40(28-26-36)51-54-50(39-13-5-2-6-14-39)55-52(56-51)45-19-10-18-43(32-45)42-17-9-16-41(31-42)37-21-23-38(24-22-37)44-29-30-48-47-20-8-7-15-46(47)34-53-49(48)33-44/h1-34H. The summed E-state index contributed by atoms with van der Waals surface area (Å²) in [5, 5.41) is 3.56. The number of fused-ring (bicyclic) bond motifs is 3. The summed E-state index contributed by atoms with van der Waals surface area (Å²) in [6.45, 7) is 0. The highest BCUT2D eigenvalue weighted by atomic mass is 15.0. The first-order valence-electron chi connectivity index (χ1n) is 18.8. The Balaban J connectivity index is 0.957. The van der Waals surface area contributed by atoms with Crippen LogP contribution in [-0.2, 0) is 0 Å². The van der Waals surface area contributed by atoms with Crippen LogP contribution in [0.5, 0.6) is 0 Å². The van der Waals surface area contributed by atoms with Crippen LogP contribution in [0.1, 0.15) is 0 Å². The van der Waals surface area contributed by atoms with E-state index < -0.39 is 0 Å². The molecule has 4 nitrogen and oxygen atoms in total. The van der Waals surface area contributed by atoms with Gasteiger partial charge in [0.2, 0.25) is 0 Å². The van der Waals surface area contributed by atoms with Gasteiger partial charge in [-0.05, 0) is 68.1 Å². The van der Waals surface area contributed by atoms with Gasteiger partial charge in [0, 0.05) is 33.7 Å². The van der Waals surface area contributed by atoms with Crippen LogP contribution in [0.15, 0.2) is 206 Å². The van der Waals surface area contributed by atoms with Crippen molar-refractivity contribution in [2.24, 2.45) is 0 Å². The molecule has 0 saturated heterocycles. The molecule has 0 saturated carbocycles. The zero-order valence-electron chi connectivity index (χ0n) is 30.4. The number of aromatic nitrogens is 4. The van der Waals surface area contributed by atoms with E-state index in [0.29, 0.717) is 17.5 Å². The van der Waals surface area contributed by atoms with E-state index in [1.54, 1.807) is 0 Å². The summed E-state index contributed by atoms with van der Waals surface area (Å²) in [6.07, 6.45) is 1.96. The molecule has 0 radical (unpaired) electrons. The maximum Gasteiger partial charge on any atom is 0.164 e. The first kappa shape index (κ1) is 33.0. The molecule has 0 N–H and O–H groups in total. The second-order valence-corrected chi connectivity index (χ2v) is 13.9. The lowest BCUT2D eigenvalue weighted by Crippen LogP contribution is -2.00. The van der Waals surface area contributed by atoms with Gasteiger partial charge in [0.05, 0.1) is 5.52 Å². The van der Waals surface area contributed by atoms with Crippen LogP contribution >= 0.6 is 0 Å². The minimum Gasteiger partial charge on any atom is -0.256 e. The lowest BCUT2D eigenvalue weighted by molar-refractivity contribution is 1.07. The Kier molecular flexibility index (Phi) is 8.47. The van der Waals surface area contributed by atoms with Gasteiger partial charge in [-0.1, -0.05) is 182 Å². The van der Waals surface area contributed by atoms with E-state index in [9.17, 15) is 0 Å². The van der Waals surface area contributed by atoms with Crippen molar-refractivity contribution in [1.29, 1.82) is 0 Å². The third-order valence-electron chi connectivity index (χ3n) is 10.4. The normalized spacial score (nSPS) is 11.2. The van der Waals surface area contributed by atoms with Crippen LogP contribution in [0.4, 0.5) is 0 Å². The Bertz CT molecular complexity index is 2990. The highest BCUT2D eigenvalue weighted by molar-refractivity contribution is 6.06. The summed E-state index contributed by atoms with van der Waals surface area (Å²) in [5.74, 6) is 1.91. The molecule has 56 heavy (non-hydrogen) atoms. The van der Waals surface area contributed by atoms with E-state index in [2.05, 4.69) is 164 Å². The second kappa shape index (κ2) is 14.3. The van der Waals surface area contributed by atoms with E-state index >= 15 is 0 Å². The maximum absolute atomic E-state index is 5.04. The molecule has 262 valence electrons. The molecule has 10 aromatic rings. The molecular formula is C52H34N4.